The van der Waals surface area contributed by atoms with Crippen molar-refractivity contribution in [1.82, 2.24) is 0 Å². The zero-order valence-corrected chi connectivity index (χ0v) is 9.46. The van der Waals surface area contributed by atoms with Crippen molar-refractivity contribution in [3.63, 3.8) is 0 Å². The zero-order valence-electron chi connectivity index (χ0n) is 8.70. The number of ether oxygens (including phenoxy) is 2. The van der Waals surface area contributed by atoms with E-state index in [0.29, 0.717) is 5.02 Å². The highest BCUT2D eigenvalue weighted by Crippen LogP contribution is 2.31. The van der Waals surface area contributed by atoms with Crippen molar-refractivity contribution >= 4 is 17.3 Å². The molecule has 0 amide bonds. The van der Waals surface area contributed by atoms with E-state index in [9.17, 15) is 0 Å². The van der Waals surface area contributed by atoms with E-state index < -0.39 is 0 Å². The lowest BCUT2D eigenvalue weighted by atomic mass is 10.2. The maximum absolute atomic E-state index is 5.91. The van der Waals surface area contributed by atoms with Crippen LogP contribution in [0, 0.1) is 0 Å². The molecule has 0 aliphatic carbocycles. The number of anilines is 1. The molecule has 0 bridgehead atoms. The minimum Gasteiger partial charge on any atom is -0.495 e. The zero-order chi connectivity index (χ0) is 10.7. The number of hydrogen-bond acceptors (Lipinski definition) is 3. The third-order valence-corrected chi connectivity index (χ3v) is 2.73. The van der Waals surface area contributed by atoms with Gasteiger partial charge in [0.25, 0.3) is 0 Å². The summed E-state index contributed by atoms with van der Waals surface area (Å²) in [6.45, 7) is 3.34. The molecule has 0 spiro atoms. The highest BCUT2D eigenvalue weighted by molar-refractivity contribution is 6.30. The van der Waals surface area contributed by atoms with E-state index in [4.69, 9.17) is 21.1 Å². The number of rotatable bonds is 2. The third-order valence-electron chi connectivity index (χ3n) is 2.49. The summed E-state index contributed by atoms with van der Waals surface area (Å²) in [4.78, 5) is 2.25. The molecule has 1 fully saturated rings. The van der Waals surface area contributed by atoms with Crippen molar-refractivity contribution in [3.8, 4) is 5.75 Å². The fourth-order valence-electron chi connectivity index (χ4n) is 1.72. The van der Waals surface area contributed by atoms with E-state index in [2.05, 4.69) is 4.90 Å². The highest BCUT2D eigenvalue weighted by Gasteiger charge is 2.15. The van der Waals surface area contributed by atoms with Crippen LogP contribution >= 0.6 is 11.6 Å². The van der Waals surface area contributed by atoms with Gasteiger partial charge in [-0.3, -0.25) is 0 Å². The monoisotopic (exact) mass is 227 g/mol. The first-order valence-electron chi connectivity index (χ1n) is 4.97. The predicted octanol–water partition coefficient (Wildman–Crippen LogP) is 2.19. The summed E-state index contributed by atoms with van der Waals surface area (Å²) in [7, 11) is 1.66. The molecule has 2 rings (SSSR count). The Hall–Kier alpha value is -0.930. The van der Waals surface area contributed by atoms with Crippen LogP contribution in [-0.2, 0) is 4.74 Å². The topological polar surface area (TPSA) is 21.7 Å². The Labute approximate surface area is 94.5 Å². The number of benzene rings is 1. The van der Waals surface area contributed by atoms with Gasteiger partial charge in [0.15, 0.2) is 0 Å². The molecule has 1 aliphatic heterocycles. The lowest BCUT2D eigenvalue weighted by Gasteiger charge is -2.30. The molecule has 0 unspecified atom stereocenters. The predicted molar refractivity (Wildman–Crippen MR) is 61.0 cm³/mol. The largest absolute Gasteiger partial charge is 0.495 e. The van der Waals surface area contributed by atoms with Crippen molar-refractivity contribution in [2.75, 3.05) is 38.3 Å². The molecule has 82 valence electrons. The smallest absolute Gasteiger partial charge is 0.143 e. The first kappa shape index (κ1) is 10.6. The summed E-state index contributed by atoms with van der Waals surface area (Å²) in [5.41, 5.74) is 1.09. The molecule has 1 aliphatic rings. The van der Waals surface area contributed by atoms with E-state index in [1.54, 1.807) is 7.11 Å². The van der Waals surface area contributed by atoms with Gasteiger partial charge in [-0.15, -0.1) is 0 Å². The lowest BCUT2D eigenvalue weighted by Crippen LogP contribution is -2.36. The Morgan fingerprint density at radius 2 is 2.07 bits per heavy atom. The average molecular weight is 228 g/mol. The summed E-state index contributed by atoms with van der Waals surface area (Å²) < 4.78 is 10.6. The summed E-state index contributed by atoms with van der Waals surface area (Å²) in [6.07, 6.45) is 0. The van der Waals surface area contributed by atoms with E-state index in [1.807, 2.05) is 18.2 Å². The molecule has 0 radical (unpaired) electrons. The van der Waals surface area contributed by atoms with Crippen LogP contribution in [0.4, 0.5) is 5.69 Å². The molecule has 0 N–H and O–H groups in total. The van der Waals surface area contributed by atoms with Crippen LogP contribution in [0.2, 0.25) is 5.02 Å². The molecule has 1 saturated heterocycles. The van der Waals surface area contributed by atoms with E-state index in [0.717, 1.165) is 37.7 Å². The Balaban J connectivity index is 2.25. The Kier molecular flexibility index (Phi) is 3.34. The molecule has 0 atom stereocenters. The summed E-state index contributed by atoms with van der Waals surface area (Å²) in [5, 5.41) is 0.698. The second-order valence-corrected chi connectivity index (χ2v) is 3.85. The van der Waals surface area contributed by atoms with E-state index >= 15 is 0 Å². The van der Waals surface area contributed by atoms with E-state index in [1.165, 1.54) is 0 Å². The lowest BCUT2D eigenvalue weighted by molar-refractivity contribution is 0.122. The molecular formula is C11H14ClNO2. The van der Waals surface area contributed by atoms with Crippen LogP contribution in [0.3, 0.4) is 0 Å². The SMILES string of the molecule is COc1cc(Cl)ccc1N1CCOCC1. The Bertz CT molecular complexity index is 337. The van der Waals surface area contributed by atoms with Crippen LogP contribution in [0.1, 0.15) is 0 Å². The normalized spacial score (nSPS) is 16.5. The first-order valence-corrected chi connectivity index (χ1v) is 5.35. The van der Waals surface area contributed by atoms with Crippen molar-refractivity contribution in [1.29, 1.82) is 0 Å². The van der Waals surface area contributed by atoms with Gasteiger partial charge in [-0.2, -0.15) is 0 Å². The molecular weight excluding hydrogens is 214 g/mol. The minimum atomic E-state index is 0.698. The number of halogens is 1. The number of hydrogen-bond donors (Lipinski definition) is 0. The fraction of sp³-hybridized carbons (Fsp3) is 0.455. The van der Waals surface area contributed by atoms with Crippen LogP contribution in [0.25, 0.3) is 0 Å². The minimum absolute atomic E-state index is 0.698. The van der Waals surface area contributed by atoms with Crippen LogP contribution in [0.5, 0.6) is 5.75 Å². The summed E-state index contributed by atoms with van der Waals surface area (Å²) in [6, 6.07) is 5.72. The summed E-state index contributed by atoms with van der Waals surface area (Å²) in [5.74, 6) is 0.824. The van der Waals surface area contributed by atoms with Gasteiger partial charge >= 0.3 is 0 Å². The molecule has 3 nitrogen and oxygen atoms in total. The quantitative estimate of drug-likeness (QED) is 0.773. The molecule has 1 aromatic carbocycles. The Morgan fingerprint density at radius 1 is 1.33 bits per heavy atom. The van der Waals surface area contributed by atoms with Gasteiger partial charge in [-0.1, -0.05) is 11.6 Å². The molecule has 0 aromatic heterocycles. The molecule has 4 heteroatoms. The molecule has 1 aromatic rings. The first-order chi connectivity index (χ1) is 7.31. The van der Waals surface area contributed by atoms with Crippen LogP contribution in [0.15, 0.2) is 18.2 Å². The highest BCUT2D eigenvalue weighted by atomic mass is 35.5. The Morgan fingerprint density at radius 3 is 2.73 bits per heavy atom. The van der Waals surface area contributed by atoms with Crippen molar-refractivity contribution in [3.05, 3.63) is 23.2 Å². The van der Waals surface area contributed by atoms with Crippen LogP contribution in [-0.4, -0.2) is 33.4 Å². The van der Waals surface area contributed by atoms with Gasteiger partial charge in [0, 0.05) is 24.2 Å². The maximum atomic E-state index is 5.91. The second kappa shape index (κ2) is 4.73. The van der Waals surface area contributed by atoms with Crippen molar-refractivity contribution in [2.24, 2.45) is 0 Å². The van der Waals surface area contributed by atoms with Crippen LogP contribution < -0.4 is 9.64 Å². The molecule has 1 heterocycles. The van der Waals surface area contributed by atoms with Gasteiger partial charge in [-0.25, -0.2) is 0 Å². The standard InChI is InChI=1S/C11H14ClNO2/c1-14-11-8-9(12)2-3-10(11)13-4-6-15-7-5-13/h2-3,8H,4-7H2,1H3. The second-order valence-electron chi connectivity index (χ2n) is 3.42. The van der Waals surface area contributed by atoms with Gasteiger partial charge < -0.3 is 14.4 Å². The van der Waals surface area contributed by atoms with Gasteiger partial charge in [0.2, 0.25) is 0 Å². The molecule has 0 saturated carbocycles. The van der Waals surface area contributed by atoms with Gasteiger partial charge in [0.1, 0.15) is 5.75 Å². The summed E-state index contributed by atoms with van der Waals surface area (Å²) >= 11 is 5.91. The maximum Gasteiger partial charge on any atom is 0.143 e. The fourth-order valence-corrected chi connectivity index (χ4v) is 1.88. The number of nitrogens with zero attached hydrogens (tertiary/aromatic N) is 1. The van der Waals surface area contributed by atoms with Gasteiger partial charge in [-0.05, 0) is 12.1 Å². The number of methoxy groups -OCH3 is 1. The number of morpholine rings is 1. The molecule has 15 heavy (non-hydrogen) atoms. The van der Waals surface area contributed by atoms with Gasteiger partial charge in [0.05, 0.1) is 26.0 Å². The van der Waals surface area contributed by atoms with E-state index in [-0.39, 0.29) is 0 Å². The van der Waals surface area contributed by atoms with Crippen molar-refractivity contribution < 1.29 is 9.47 Å². The third kappa shape index (κ3) is 2.36. The van der Waals surface area contributed by atoms with Crippen molar-refractivity contribution in [2.45, 2.75) is 0 Å². The average Bonchev–Trinajstić information content (AvgIpc) is 2.30.